The topological polar surface area (TPSA) is 71.1 Å². The highest BCUT2D eigenvalue weighted by Crippen LogP contribution is 2.34. The van der Waals surface area contributed by atoms with E-state index in [1.165, 1.54) is 4.88 Å². The van der Waals surface area contributed by atoms with Crippen LogP contribution in [-0.4, -0.2) is 61.1 Å². The number of rotatable bonds is 9. The molecule has 7 nitrogen and oxygen atoms in total. The minimum Gasteiger partial charge on any atom is -0.497 e. The lowest BCUT2D eigenvalue weighted by atomic mass is 10.0. The van der Waals surface area contributed by atoms with Gasteiger partial charge in [-0.25, -0.2) is 4.79 Å². The Morgan fingerprint density at radius 2 is 1.97 bits per heavy atom. The third-order valence-electron chi connectivity index (χ3n) is 5.48. The molecule has 0 unspecified atom stereocenters. The zero-order chi connectivity index (χ0) is 24.0. The van der Waals surface area contributed by atoms with E-state index < -0.39 is 0 Å². The Morgan fingerprint density at radius 3 is 2.67 bits per heavy atom. The number of methoxy groups -OCH3 is 1. The highest BCUT2D eigenvalue weighted by atomic mass is 32.1. The van der Waals surface area contributed by atoms with E-state index in [2.05, 4.69) is 16.8 Å². The van der Waals surface area contributed by atoms with Crippen molar-refractivity contribution in [2.75, 3.05) is 33.4 Å². The molecule has 0 bridgehead atoms. The van der Waals surface area contributed by atoms with E-state index in [4.69, 9.17) is 9.47 Å². The highest BCUT2D eigenvalue weighted by molar-refractivity contribution is 7.10. The third kappa shape index (κ3) is 6.63. The molecule has 1 N–H and O–H groups in total. The molecule has 0 aliphatic carbocycles. The smallest absolute Gasteiger partial charge is 0.318 e. The van der Waals surface area contributed by atoms with E-state index in [1.54, 1.807) is 23.3 Å². The molecule has 0 radical (unpaired) electrons. The largest absolute Gasteiger partial charge is 0.497 e. The first kappa shape index (κ1) is 24.9. The van der Waals surface area contributed by atoms with Gasteiger partial charge in [0.25, 0.3) is 0 Å². The molecule has 1 aromatic heterocycles. The van der Waals surface area contributed by atoms with Gasteiger partial charge in [-0.3, -0.25) is 4.79 Å². The first-order valence-electron chi connectivity index (χ1n) is 11.5. The van der Waals surface area contributed by atoms with E-state index in [-0.39, 0.29) is 36.5 Å². The molecule has 33 heavy (non-hydrogen) atoms. The summed E-state index contributed by atoms with van der Waals surface area (Å²) in [5.41, 5.74) is 1.13. The molecule has 3 rings (SSSR count). The number of nitrogens with one attached hydrogen (secondary N) is 1. The van der Waals surface area contributed by atoms with Crippen LogP contribution in [0.3, 0.4) is 0 Å². The van der Waals surface area contributed by atoms with Gasteiger partial charge in [0.1, 0.15) is 24.7 Å². The third-order valence-corrected chi connectivity index (χ3v) is 6.47. The Bertz CT molecular complexity index is 943. The Hall–Kier alpha value is -2.74. The molecule has 1 aromatic carbocycles. The predicted molar refractivity (Wildman–Crippen MR) is 131 cm³/mol. The second-order valence-corrected chi connectivity index (χ2v) is 10.0. The van der Waals surface area contributed by atoms with Crippen LogP contribution in [0.1, 0.15) is 44.2 Å². The zero-order valence-corrected chi connectivity index (χ0v) is 21.0. The monoisotopic (exact) mass is 473 g/mol. The Kier molecular flexibility index (Phi) is 8.61. The molecule has 2 aromatic rings. The number of urea groups is 1. The van der Waals surface area contributed by atoms with Gasteiger partial charge in [-0.15, -0.1) is 11.3 Å². The van der Waals surface area contributed by atoms with E-state index in [1.807, 2.05) is 56.9 Å². The standard InChI is InChI=1S/C25H35N3O4S/c1-17(2)14-27(25(30)26-18(3)4)15-24(29)28-11-9-23-21(10-12-33-23)22(28)16-32-20-8-6-7-19(13-20)31-5/h6-8,10,12-13,17-18,22H,9,11,14-16H2,1-5H3,(H,26,30)/t22-/m0/s1. The Labute approximate surface area is 200 Å². The van der Waals surface area contributed by atoms with Gasteiger partial charge in [-0.1, -0.05) is 19.9 Å². The molecule has 180 valence electrons. The number of thiophene rings is 1. The lowest BCUT2D eigenvalue weighted by molar-refractivity contribution is -0.135. The van der Waals surface area contributed by atoms with Crippen LogP contribution in [0.2, 0.25) is 0 Å². The zero-order valence-electron chi connectivity index (χ0n) is 20.2. The number of fused-ring (bicyclic) bond motifs is 1. The maximum atomic E-state index is 13.5. The van der Waals surface area contributed by atoms with Gasteiger partial charge in [0, 0.05) is 30.1 Å². The van der Waals surface area contributed by atoms with Crippen molar-refractivity contribution in [1.82, 2.24) is 15.1 Å². The fraction of sp³-hybridized carbons (Fsp3) is 0.520. The van der Waals surface area contributed by atoms with Crippen molar-refractivity contribution in [3.8, 4) is 11.5 Å². The van der Waals surface area contributed by atoms with E-state index in [0.717, 1.165) is 17.7 Å². The van der Waals surface area contributed by atoms with Gasteiger partial charge in [0.05, 0.1) is 13.2 Å². The van der Waals surface area contributed by atoms with Crippen LogP contribution in [0.5, 0.6) is 11.5 Å². The molecule has 8 heteroatoms. The average molecular weight is 474 g/mol. The van der Waals surface area contributed by atoms with Crippen LogP contribution < -0.4 is 14.8 Å². The summed E-state index contributed by atoms with van der Waals surface area (Å²) in [6.07, 6.45) is 0.816. The summed E-state index contributed by atoms with van der Waals surface area (Å²) >= 11 is 1.72. The summed E-state index contributed by atoms with van der Waals surface area (Å²) in [7, 11) is 1.62. The number of nitrogens with zero attached hydrogens (tertiary/aromatic N) is 2. The molecule has 1 aliphatic heterocycles. The van der Waals surface area contributed by atoms with Crippen molar-refractivity contribution >= 4 is 23.3 Å². The first-order chi connectivity index (χ1) is 15.8. The molecular formula is C25H35N3O4S. The van der Waals surface area contributed by atoms with Crippen molar-refractivity contribution in [3.05, 3.63) is 46.2 Å². The maximum absolute atomic E-state index is 13.5. The summed E-state index contributed by atoms with van der Waals surface area (Å²) < 4.78 is 11.4. The molecule has 0 saturated heterocycles. The van der Waals surface area contributed by atoms with E-state index >= 15 is 0 Å². The van der Waals surface area contributed by atoms with Crippen LogP contribution in [0, 0.1) is 5.92 Å². The fourth-order valence-corrected chi connectivity index (χ4v) is 4.92. The van der Waals surface area contributed by atoms with Crippen LogP contribution in [0.4, 0.5) is 4.79 Å². The SMILES string of the molecule is COc1cccc(OC[C@H]2c3ccsc3CCN2C(=O)CN(CC(C)C)C(=O)NC(C)C)c1. The van der Waals surface area contributed by atoms with Gasteiger partial charge in [-0.2, -0.15) is 0 Å². The number of carbonyl (C=O) groups excluding carboxylic acids is 2. The van der Waals surface area contributed by atoms with Gasteiger partial charge >= 0.3 is 6.03 Å². The normalized spacial score (nSPS) is 15.4. The molecule has 2 heterocycles. The fourth-order valence-electron chi connectivity index (χ4n) is 3.99. The van der Waals surface area contributed by atoms with Gasteiger partial charge in [0.2, 0.25) is 5.91 Å². The number of ether oxygens (including phenoxy) is 2. The van der Waals surface area contributed by atoms with Crippen molar-refractivity contribution < 1.29 is 19.1 Å². The maximum Gasteiger partial charge on any atom is 0.318 e. The number of carbonyl (C=O) groups is 2. The van der Waals surface area contributed by atoms with Gasteiger partial charge < -0.3 is 24.6 Å². The van der Waals surface area contributed by atoms with Crippen molar-refractivity contribution in [3.63, 3.8) is 0 Å². The molecule has 0 fully saturated rings. The van der Waals surface area contributed by atoms with Crippen LogP contribution >= 0.6 is 11.3 Å². The predicted octanol–water partition coefficient (Wildman–Crippen LogP) is 4.34. The van der Waals surface area contributed by atoms with Crippen LogP contribution in [0.25, 0.3) is 0 Å². The van der Waals surface area contributed by atoms with Gasteiger partial charge in [0.15, 0.2) is 0 Å². The van der Waals surface area contributed by atoms with E-state index in [0.29, 0.717) is 25.4 Å². The summed E-state index contributed by atoms with van der Waals surface area (Å²) in [6, 6.07) is 9.15. The highest BCUT2D eigenvalue weighted by Gasteiger charge is 2.33. The Morgan fingerprint density at radius 1 is 1.21 bits per heavy atom. The number of amides is 3. The molecule has 0 saturated carbocycles. The quantitative estimate of drug-likeness (QED) is 0.588. The molecular weight excluding hydrogens is 438 g/mol. The lowest BCUT2D eigenvalue weighted by Gasteiger charge is -2.37. The number of hydrogen-bond acceptors (Lipinski definition) is 5. The Balaban J connectivity index is 1.76. The second kappa shape index (κ2) is 11.4. The first-order valence-corrected chi connectivity index (χ1v) is 12.3. The summed E-state index contributed by atoms with van der Waals surface area (Å²) in [6.45, 7) is 9.44. The van der Waals surface area contributed by atoms with E-state index in [9.17, 15) is 9.59 Å². The average Bonchev–Trinajstić information content (AvgIpc) is 3.25. The van der Waals surface area contributed by atoms with Crippen molar-refractivity contribution in [2.45, 2.75) is 46.2 Å². The minimum atomic E-state index is -0.204. The summed E-state index contributed by atoms with van der Waals surface area (Å²) in [5, 5.41) is 4.99. The van der Waals surface area contributed by atoms with Crippen molar-refractivity contribution in [1.29, 1.82) is 0 Å². The summed E-state index contributed by atoms with van der Waals surface area (Å²) in [4.78, 5) is 31.0. The number of hydrogen-bond donors (Lipinski definition) is 1. The number of benzene rings is 1. The molecule has 1 aliphatic rings. The lowest BCUT2D eigenvalue weighted by Crippen LogP contribution is -2.51. The van der Waals surface area contributed by atoms with Crippen molar-refractivity contribution in [2.24, 2.45) is 5.92 Å². The molecule has 0 spiro atoms. The molecule has 1 atom stereocenters. The minimum absolute atomic E-state index is 0.00891. The van der Waals surface area contributed by atoms with Crippen LogP contribution in [0.15, 0.2) is 35.7 Å². The second-order valence-electron chi connectivity index (χ2n) is 9.02. The molecule has 3 amide bonds. The summed E-state index contributed by atoms with van der Waals surface area (Å²) in [5.74, 6) is 1.61. The van der Waals surface area contributed by atoms with Crippen LogP contribution in [-0.2, 0) is 11.2 Å². The van der Waals surface area contributed by atoms with Gasteiger partial charge in [-0.05, 0) is 55.3 Å².